The van der Waals surface area contributed by atoms with Crippen molar-refractivity contribution in [1.29, 1.82) is 0 Å². The summed E-state index contributed by atoms with van der Waals surface area (Å²) in [4.78, 5) is 24.9. The zero-order valence-electron chi connectivity index (χ0n) is 10.8. The molecule has 0 aromatic carbocycles. The number of amides is 2. The minimum absolute atomic E-state index is 0.0791. The number of rotatable bonds is 3. The topological polar surface area (TPSA) is 70.7 Å². The van der Waals surface area contributed by atoms with Gasteiger partial charge in [0.25, 0.3) is 0 Å². The van der Waals surface area contributed by atoms with E-state index >= 15 is 0 Å². The van der Waals surface area contributed by atoms with E-state index in [0.717, 1.165) is 25.9 Å². The third kappa shape index (κ3) is 3.13. The van der Waals surface area contributed by atoms with Crippen molar-refractivity contribution in [3.05, 3.63) is 0 Å². The molecule has 2 heterocycles. The second-order valence-corrected chi connectivity index (χ2v) is 4.85. The van der Waals surface area contributed by atoms with E-state index < -0.39 is 0 Å². The fourth-order valence-electron chi connectivity index (χ4n) is 2.33. The number of nitrogens with one attached hydrogen (secondary N) is 2. The van der Waals surface area contributed by atoms with E-state index in [1.807, 2.05) is 0 Å². The Balaban J connectivity index is 1.66. The van der Waals surface area contributed by atoms with Gasteiger partial charge in [-0.3, -0.25) is 4.79 Å². The molecule has 0 bridgehead atoms. The molecule has 2 rings (SSSR count). The monoisotopic (exact) mass is 255 g/mol. The summed E-state index contributed by atoms with van der Waals surface area (Å²) >= 11 is 0. The molecular formula is C12H21N3O3. The lowest BCUT2D eigenvalue weighted by Crippen LogP contribution is -2.62. The van der Waals surface area contributed by atoms with Crippen LogP contribution in [0.15, 0.2) is 0 Å². The van der Waals surface area contributed by atoms with Gasteiger partial charge in [0.1, 0.15) is 0 Å². The van der Waals surface area contributed by atoms with E-state index in [0.29, 0.717) is 19.7 Å². The van der Waals surface area contributed by atoms with Gasteiger partial charge >= 0.3 is 6.09 Å². The number of likely N-dealkylation sites (tertiary alicyclic amines) is 1. The predicted molar refractivity (Wildman–Crippen MR) is 66.1 cm³/mol. The Hall–Kier alpha value is -1.30. The normalized spacial score (nSPS) is 24.3. The van der Waals surface area contributed by atoms with Crippen LogP contribution >= 0.6 is 0 Å². The number of carbonyl (C=O) groups is 2. The van der Waals surface area contributed by atoms with Crippen molar-refractivity contribution in [2.75, 3.05) is 32.8 Å². The van der Waals surface area contributed by atoms with Gasteiger partial charge in [0, 0.05) is 19.6 Å². The summed E-state index contributed by atoms with van der Waals surface area (Å²) < 4.78 is 4.88. The molecule has 0 aliphatic carbocycles. The van der Waals surface area contributed by atoms with Crippen LogP contribution in [-0.4, -0.2) is 55.7 Å². The lowest BCUT2D eigenvalue weighted by Gasteiger charge is -2.39. The zero-order valence-corrected chi connectivity index (χ0v) is 10.8. The van der Waals surface area contributed by atoms with E-state index in [-0.39, 0.29) is 24.0 Å². The van der Waals surface area contributed by atoms with E-state index in [9.17, 15) is 9.59 Å². The highest BCUT2D eigenvalue weighted by Crippen LogP contribution is 2.13. The van der Waals surface area contributed by atoms with Gasteiger partial charge in [-0.2, -0.15) is 0 Å². The van der Waals surface area contributed by atoms with Gasteiger partial charge in [0.15, 0.2) is 0 Å². The van der Waals surface area contributed by atoms with Crippen molar-refractivity contribution in [2.45, 2.75) is 25.8 Å². The van der Waals surface area contributed by atoms with Crippen LogP contribution in [0.4, 0.5) is 4.79 Å². The summed E-state index contributed by atoms with van der Waals surface area (Å²) in [6, 6.07) is 0.0869. The molecule has 0 spiro atoms. The maximum absolute atomic E-state index is 11.9. The first-order valence-corrected chi connectivity index (χ1v) is 6.63. The van der Waals surface area contributed by atoms with Gasteiger partial charge < -0.3 is 20.3 Å². The predicted octanol–water partition coefficient (Wildman–Crippen LogP) is -0.0571. The van der Waals surface area contributed by atoms with E-state index in [1.54, 1.807) is 11.8 Å². The molecule has 102 valence electrons. The van der Waals surface area contributed by atoms with Crippen LogP contribution in [-0.2, 0) is 9.53 Å². The molecular weight excluding hydrogens is 234 g/mol. The average molecular weight is 255 g/mol. The van der Waals surface area contributed by atoms with Crippen LogP contribution in [0.3, 0.4) is 0 Å². The number of piperidine rings is 1. The van der Waals surface area contributed by atoms with Crippen LogP contribution in [0, 0.1) is 5.92 Å². The molecule has 2 amide bonds. The molecule has 6 heteroatoms. The van der Waals surface area contributed by atoms with Crippen molar-refractivity contribution >= 4 is 12.0 Å². The van der Waals surface area contributed by atoms with Crippen molar-refractivity contribution in [3.63, 3.8) is 0 Å². The SMILES string of the molecule is CCOC(=O)N1CC(NC(=O)[C@@H]2CCCNC2)C1. The van der Waals surface area contributed by atoms with E-state index in [1.165, 1.54) is 0 Å². The highest BCUT2D eigenvalue weighted by Gasteiger charge is 2.34. The highest BCUT2D eigenvalue weighted by atomic mass is 16.6. The molecule has 2 N–H and O–H groups in total. The smallest absolute Gasteiger partial charge is 0.409 e. The number of nitrogens with zero attached hydrogens (tertiary/aromatic N) is 1. The summed E-state index contributed by atoms with van der Waals surface area (Å²) in [7, 11) is 0. The molecule has 2 aliphatic rings. The quantitative estimate of drug-likeness (QED) is 0.741. The Morgan fingerprint density at radius 3 is 2.83 bits per heavy atom. The van der Waals surface area contributed by atoms with E-state index in [4.69, 9.17) is 4.74 Å². The molecule has 0 unspecified atom stereocenters. The molecule has 0 saturated carbocycles. The van der Waals surface area contributed by atoms with Gasteiger partial charge in [0.2, 0.25) is 5.91 Å². The fourth-order valence-corrected chi connectivity index (χ4v) is 2.33. The summed E-state index contributed by atoms with van der Waals surface area (Å²) in [6.45, 7) is 5.06. The summed E-state index contributed by atoms with van der Waals surface area (Å²) in [5.74, 6) is 0.186. The maximum Gasteiger partial charge on any atom is 0.409 e. The molecule has 18 heavy (non-hydrogen) atoms. The largest absolute Gasteiger partial charge is 0.450 e. The van der Waals surface area contributed by atoms with Gasteiger partial charge in [-0.1, -0.05) is 0 Å². The lowest BCUT2D eigenvalue weighted by atomic mass is 9.98. The van der Waals surface area contributed by atoms with Gasteiger partial charge in [-0.15, -0.1) is 0 Å². The standard InChI is InChI=1S/C12H21N3O3/c1-2-18-12(17)15-7-10(8-15)14-11(16)9-4-3-5-13-6-9/h9-10,13H,2-8H2,1H3,(H,14,16)/t9-/m1/s1. The first-order valence-electron chi connectivity index (χ1n) is 6.63. The van der Waals surface area contributed by atoms with Crippen LogP contribution in [0.2, 0.25) is 0 Å². The molecule has 0 radical (unpaired) electrons. The van der Waals surface area contributed by atoms with Crippen LogP contribution in [0.25, 0.3) is 0 Å². The Morgan fingerprint density at radius 1 is 1.44 bits per heavy atom. The Morgan fingerprint density at radius 2 is 2.22 bits per heavy atom. The summed E-state index contributed by atoms with van der Waals surface area (Å²) in [5.41, 5.74) is 0. The second-order valence-electron chi connectivity index (χ2n) is 4.85. The third-order valence-electron chi connectivity index (χ3n) is 3.42. The van der Waals surface area contributed by atoms with Crippen LogP contribution in [0.1, 0.15) is 19.8 Å². The van der Waals surface area contributed by atoms with Gasteiger partial charge in [-0.25, -0.2) is 4.79 Å². The third-order valence-corrected chi connectivity index (χ3v) is 3.42. The first kappa shape index (κ1) is 13.1. The molecule has 2 saturated heterocycles. The Bertz CT molecular complexity index is 310. The van der Waals surface area contributed by atoms with Crippen LogP contribution < -0.4 is 10.6 Å². The molecule has 2 aliphatic heterocycles. The number of hydrogen-bond acceptors (Lipinski definition) is 4. The number of carbonyl (C=O) groups excluding carboxylic acids is 2. The van der Waals surface area contributed by atoms with Crippen molar-refractivity contribution in [3.8, 4) is 0 Å². The van der Waals surface area contributed by atoms with Crippen molar-refractivity contribution < 1.29 is 14.3 Å². The maximum atomic E-state index is 11.9. The average Bonchev–Trinajstić information content (AvgIpc) is 2.34. The minimum Gasteiger partial charge on any atom is -0.450 e. The molecule has 0 aromatic rings. The van der Waals surface area contributed by atoms with Gasteiger partial charge in [-0.05, 0) is 26.3 Å². The Labute approximate surface area is 107 Å². The summed E-state index contributed by atoms with van der Waals surface area (Å²) in [6.07, 6.45) is 1.72. The Kier molecular flexibility index (Phi) is 4.41. The van der Waals surface area contributed by atoms with Gasteiger partial charge in [0.05, 0.1) is 18.6 Å². The van der Waals surface area contributed by atoms with Crippen molar-refractivity contribution in [1.82, 2.24) is 15.5 Å². The molecule has 6 nitrogen and oxygen atoms in total. The molecule has 2 fully saturated rings. The second kappa shape index (κ2) is 6.04. The van der Waals surface area contributed by atoms with E-state index in [2.05, 4.69) is 10.6 Å². The van der Waals surface area contributed by atoms with Crippen LogP contribution in [0.5, 0.6) is 0 Å². The molecule has 1 atom stereocenters. The molecule has 0 aromatic heterocycles. The highest BCUT2D eigenvalue weighted by molar-refractivity contribution is 5.80. The fraction of sp³-hybridized carbons (Fsp3) is 0.833. The number of hydrogen-bond donors (Lipinski definition) is 2. The summed E-state index contributed by atoms with van der Waals surface area (Å²) in [5, 5.41) is 6.21. The first-order chi connectivity index (χ1) is 8.70. The lowest BCUT2D eigenvalue weighted by molar-refractivity contribution is -0.127. The van der Waals surface area contributed by atoms with Crippen molar-refractivity contribution in [2.24, 2.45) is 5.92 Å². The zero-order chi connectivity index (χ0) is 13.0. The minimum atomic E-state index is -0.290. The number of ether oxygens (including phenoxy) is 1.